The van der Waals surface area contributed by atoms with Gasteiger partial charge in [0, 0.05) is 18.5 Å². The van der Waals surface area contributed by atoms with E-state index in [1.807, 2.05) is 12.1 Å². The molecule has 20 heavy (non-hydrogen) atoms. The van der Waals surface area contributed by atoms with Crippen LogP contribution in [-0.4, -0.2) is 36.9 Å². The lowest BCUT2D eigenvalue weighted by atomic mass is 9.90. The van der Waals surface area contributed by atoms with Gasteiger partial charge in [0.15, 0.2) is 5.78 Å². The molecule has 0 aromatic heterocycles. The van der Waals surface area contributed by atoms with Crippen molar-refractivity contribution in [3.63, 3.8) is 0 Å². The quantitative estimate of drug-likeness (QED) is 0.772. The number of rotatable bonds is 5. The van der Waals surface area contributed by atoms with E-state index in [1.165, 1.54) is 31.5 Å². The summed E-state index contributed by atoms with van der Waals surface area (Å²) in [6.45, 7) is 4.41. The first-order valence-corrected chi connectivity index (χ1v) is 7.84. The fourth-order valence-corrected chi connectivity index (χ4v) is 3.20. The summed E-state index contributed by atoms with van der Waals surface area (Å²) >= 11 is 0. The maximum Gasteiger partial charge on any atom is 0.163 e. The lowest BCUT2D eigenvalue weighted by Crippen LogP contribution is -2.22. The highest BCUT2D eigenvalue weighted by Gasteiger charge is 2.17. The van der Waals surface area contributed by atoms with Crippen LogP contribution < -0.4 is 4.74 Å². The van der Waals surface area contributed by atoms with Gasteiger partial charge in [-0.15, -0.1) is 0 Å². The maximum atomic E-state index is 11.8. The van der Waals surface area contributed by atoms with E-state index in [0.29, 0.717) is 6.42 Å². The molecule has 1 aliphatic heterocycles. The zero-order valence-corrected chi connectivity index (χ0v) is 12.1. The Hall–Kier alpha value is -1.35. The smallest absolute Gasteiger partial charge is 0.163 e. The van der Waals surface area contributed by atoms with Crippen LogP contribution in [-0.2, 0) is 6.42 Å². The molecule has 0 radical (unpaired) electrons. The zero-order chi connectivity index (χ0) is 13.8. The molecule has 1 heterocycles. The van der Waals surface area contributed by atoms with E-state index in [0.717, 1.165) is 43.7 Å². The molecule has 3 rings (SSSR count). The second-order valence-electron chi connectivity index (χ2n) is 5.85. The second-order valence-corrected chi connectivity index (χ2v) is 5.85. The van der Waals surface area contributed by atoms with E-state index in [1.54, 1.807) is 0 Å². The van der Waals surface area contributed by atoms with Crippen LogP contribution in [0.1, 0.15) is 48.0 Å². The van der Waals surface area contributed by atoms with Crippen LogP contribution in [0.5, 0.6) is 5.75 Å². The standard InChI is InChI=1S/C17H23NO2/c19-17-6-3-5-14-13-15(7-8-16(14)17)20-12-4-11-18-9-1-2-10-18/h7-8,13H,1-6,9-12H2. The van der Waals surface area contributed by atoms with Crippen molar-refractivity contribution in [1.82, 2.24) is 4.90 Å². The summed E-state index contributed by atoms with van der Waals surface area (Å²) in [6.07, 6.45) is 6.45. The Kier molecular flexibility index (Phi) is 4.36. The molecule has 0 unspecified atom stereocenters. The van der Waals surface area contributed by atoms with Crippen molar-refractivity contribution in [2.24, 2.45) is 0 Å². The van der Waals surface area contributed by atoms with E-state index in [4.69, 9.17) is 4.74 Å². The molecule has 0 amide bonds. The monoisotopic (exact) mass is 273 g/mol. The lowest BCUT2D eigenvalue weighted by molar-refractivity contribution is 0.0972. The van der Waals surface area contributed by atoms with Gasteiger partial charge in [0.05, 0.1) is 6.61 Å². The Bertz CT molecular complexity index is 478. The van der Waals surface area contributed by atoms with Crippen molar-refractivity contribution in [3.8, 4) is 5.75 Å². The summed E-state index contributed by atoms with van der Waals surface area (Å²) in [5, 5.41) is 0. The molecule has 0 atom stereocenters. The third kappa shape index (κ3) is 3.21. The van der Waals surface area contributed by atoms with E-state index in [9.17, 15) is 4.79 Å². The number of likely N-dealkylation sites (tertiary alicyclic amines) is 1. The maximum absolute atomic E-state index is 11.8. The molecular weight excluding hydrogens is 250 g/mol. The SMILES string of the molecule is O=C1CCCc2cc(OCCCN3CCCC3)ccc21. The average Bonchev–Trinajstić information content (AvgIpc) is 2.97. The Morgan fingerprint density at radius 1 is 1.10 bits per heavy atom. The number of carbonyl (C=O) groups is 1. The van der Waals surface area contributed by atoms with Crippen molar-refractivity contribution in [3.05, 3.63) is 29.3 Å². The Balaban J connectivity index is 1.49. The van der Waals surface area contributed by atoms with Gasteiger partial charge in [0.2, 0.25) is 0 Å². The molecule has 0 N–H and O–H groups in total. The molecular formula is C17H23NO2. The molecule has 108 valence electrons. The van der Waals surface area contributed by atoms with Crippen molar-refractivity contribution < 1.29 is 9.53 Å². The summed E-state index contributed by atoms with van der Waals surface area (Å²) in [5.74, 6) is 1.20. The van der Waals surface area contributed by atoms with E-state index in [-0.39, 0.29) is 5.78 Å². The fraction of sp³-hybridized carbons (Fsp3) is 0.588. The number of Topliss-reactive ketones (excluding diaryl/α,β-unsaturated/α-hetero) is 1. The van der Waals surface area contributed by atoms with Crippen LogP contribution in [0.4, 0.5) is 0 Å². The number of aryl methyl sites for hydroxylation is 1. The van der Waals surface area contributed by atoms with Crippen LogP contribution in [0.15, 0.2) is 18.2 Å². The molecule has 3 nitrogen and oxygen atoms in total. The van der Waals surface area contributed by atoms with Crippen molar-refractivity contribution in [2.45, 2.75) is 38.5 Å². The number of hydrogen-bond donors (Lipinski definition) is 0. The Labute approximate surface area is 120 Å². The van der Waals surface area contributed by atoms with E-state index in [2.05, 4.69) is 11.0 Å². The van der Waals surface area contributed by atoms with Gasteiger partial charge in [-0.05, 0) is 69.0 Å². The highest BCUT2D eigenvalue weighted by Crippen LogP contribution is 2.25. The van der Waals surface area contributed by atoms with Crippen LogP contribution in [0.3, 0.4) is 0 Å². The molecule has 0 spiro atoms. The molecule has 1 fully saturated rings. The van der Waals surface area contributed by atoms with Crippen molar-refractivity contribution in [2.75, 3.05) is 26.2 Å². The predicted octanol–water partition coefficient (Wildman–Crippen LogP) is 3.07. The molecule has 1 aromatic carbocycles. The predicted molar refractivity (Wildman–Crippen MR) is 79.5 cm³/mol. The number of fused-ring (bicyclic) bond motifs is 1. The Morgan fingerprint density at radius 2 is 1.95 bits per heavy atom. The topological polar surface area (TPSA) is 29.5 Å². The molecule has 3 heteroatoms. The molecule has 2 aliphatic rings. The lowest BCUT2D eigenvalue weighted by Gasteiger charge is -2.17. The fourth-order valence-electron chi connectivity index (χ4n) is 3.20. The van der Waals surface area contributed by atoms with Gasteiger partial charge in [0.1, 0.15) is 5.75 Å². The van der Waals surface area contributed by atoms with Crippen molar-refractivity contribution >= 4 is 5.78 Å². The van der Waals surface area contributed by atoms with Gasteiger partial charge in [-0.1, -0.05) is 0 Å². The van der Waals surface area contributed by atoms with Crippen molar-refractivity contribution in [1.29, 1.82) is 0 Å². The summed E-state index contributed by atoms with van der Waals surface area (Å²) in [5.41, 5.74) is 2.07. The van der Waals surface area contributed by atoms with E-state index >= 15 is 0 Å². The molecule has 1 aliphatic carbocycles. The van der Waals surface area contributed by atoms with Gasteiger partial charge in [-0.2, -0.15) is 0 Å². The van der Waals surface area contributed by atoms with Crippen LogP contribution in [0.25, 0.3) is 0 Å². The third-order valence-electron chi connectivity index (χ3n) is 4.31. The van der Waals surface area contributed by atoms with Gasteiger partial charge < -0.3 is 9.64 Å². The summed E-state index contributed by atoms with van der Waals surface area (Å²) in [7, 11) is 0. The van der Waals surface area contributed by atoms with Gasteiger partial charge in [-0.3, -0.25) is 4.79 Å². The highest BCUT2D eigenvalue weighted by atomic mass is 16.5. The van der Waals surface area contributed by atoms with Crippen LogP contribution in [0, 0.1) is 0 Å². The first-order chi connectivity index (χ1) is 9.83. The van der Waals surface area contributed by atoms with Gasteiger partial charge in [0.25, 0.3) is 0 Å². The average molecular weight is 273 g/mol. The minimum atomic E-state index is 0.284. The first-order valence-electron chi connectivity index (χ1n) is 7.84. The molecule has 0 saturated carbocycles. The Morgan fingerprint density at radius 3 is 2.80 bits per heavy atom. The van der Waals surface area contributed by atoms with Crippen LogP contribution in [0.2, 0.25) is 0 Å². The number of benzene rings is 1. The normalized spacial score (nSPS) is 19.1. The largest absolute Gasteiger partial charge is 0.494 e. The summed E-state index contributed by atoms with van der Waals surface area (Å²) < 4.78 is 5.83. The summed E-state index contributed by atoms with van der Waals surface area (Å²) in [6, 6.07) is 5.94. The molecule has 1 saturated heterocycles. The molecule has 0 bridgehead atoms. The first kappa shape index (κ1) is 13.6. The number of hydrogen-bond acceptors (Lipinski definition) is 3. The number of ether oxygens (including phenoxy) is 1. The minimum absolute atomic E-state index is 0.284. The minimum Gasteiger partial charge on any atom is -0.494 e. The van der Waals surface area contributed by atoms with Gasteiger partial charge >= 0.3 is 0 Å². The number of carbonyl (C=O) groups excluding carboxylic acids is 1. The summed E-state index contributed by atoms with van der Waals surface area (Å²) in [4.78, 5) is 14.3. The van der Waals surface area contributed by atoms with Crippen LogP contribution >= 0.6 is 0 Å². The zero-order valence-electron chi connectivity index (χ0n) is 12.1. The number of nitrogens with zero attached hydrogens (tertiary/aromatic N) is 1. The van der Waals surface area contributed by atoms with Gasteiger partial charge in [-0.25, -0.2) is 0 Å². The second kappa shape index (κ2) is 6.40. The molecule has 1 aromatic rings. The highest BCUT2D eigenvalue weighted by molar-refractivity contribution is 5.98. The van der Waals surface area contributed by atoms with E-state index < -0.39 is 0 Å². The number of ketones is 1. The third-order valence-corrected chi connectivity index (χ3v) is 4.31.